The van der Waals surface area contributed by atoms with Crippen molar-refractivity contribution in [3.8, 4) is 11.8 Å². The summed E-state index contributed by atoms with van der Waals surface area (Å²) in [6.45, 7) is -0.469. The molecule has 17 heavy (non-hydrogen) atoms. The van der Waals surface area contributed by atoms with Crippen LogP contribution in [0.4, 0.5) is 8.78 Å². The highest BCUT2D eigenvalue weighted by molar-refractivity contribution is 7.89. The van der Waals surface area contributed by atoms with Gasteiger partial charge in [0, 0.05) is 11.4 Å². The molecule has 0 aromatic carbocycles. The van der Waals surface area contributed by atoms with Gasteiger partial charge in [-0.3, -0.25) is 0 Å². The lowest BCUT2D eigenvalue weighted by atomic mass is 10.4. The van der Waals surface area contributed by atoms with Gasteiger partial charge in [-0.05, 0) is 12.1 Å². The summed E-state index contributed by atoms with van der Waals surface area (Å²) >= 11 is 1.17. The van der Waals surface area contributed by atoms with Crippen LogP contribution in [0.1, 0.15) is 9.75 Å². The summed E-state index contributed by atoms with van der Waals surface area (Å²) < 4.78 is 47.3. The van der Waals surface area contributed by atoms with E-state index in [0.717, 1.165) is 0 Å². The van der Waals surface area contributed by atoms with Crippen molar-refractivity contribution in [2.75, 3.05) is 6.61 Å². The fourth-order valence-electron chi connectivity index (χ4n) is 0.901. The van der Waals surface area contributed by atoms with E-state index in [4.69, 9.17) is 5.11 Å². The predicted octanol–water partition coefficient (Wildman–Crippen LogP) is 0.734. The van der Waals surface area contributed by atoms with Gasteiger partial charge in [0.15, 0.2) is 0 Å². The van der Waals surface area contributed by atoms with Gasteiger partial charge in [0.25, 0.3) is 10.0 Å². The van der Waals surface area contributed by atoms with Crippen LogP contribution in [0, 0.1) is 11.8 Å². The third-order valence-electron chi connectivity index (χ3n) is 1.63. The Morgan fingerprint density at radius 2 is 2.18 bits per heavy atom. The molecule has 8 heteroatoms. The van der Waals surface area contributed by atoms with Crippen molar-refractivity contribution < 1.29 is 22.3 Å². The Bertz CT molecular complexity index is 528. The Kier molecular flexibility index (Phi) is 5.02. The maximum Gasteiger partial charge on any atom is 0.350 e. The summed E-state index contributed by atoms with van der Waals surface area (Å²) in [4.78, 5) is 1.20. The Morgan fingerprint density at radius 1 is 1.47 bits per heavy atom. The standard InChI is InChI=1S/C9H9F2NO3S2/c10-9(11)17(14,15)12-6-8-4-3-7(16-8)2-1-5-13/h3-4,9,12-13H,5-6H2. The molecular weight excluding hydrogens is 272 g/mol. The number of sulfonamides is 1. The first-order valence-electron chi connectivity index (χ1n) is 4.41. The van der Waals surface area contributed by atoms with Gasteiger partial charge in [-0.1, -0.05) is 11.8 Å². The molecular formula is C9H9F2NO3S2. The SMILES string of the molecule is O=S(=O)(NCc1ccc(C#CCO)s1)C(F)F. The maximum absolute atomic E-state index is 12.0. The van der Waals surface area contributed by atoms with Gasteiger partial charge in [0.1, 0.15) is 6.61 Å². The largest absolute Gasteiger partial charge is 0.384 e. The maximum atomic E-state index is 12.0. The van der Waals surface area contributed by atoms with E-state index in [0.29, 0.717) is 9.75 Å². The molecule has 2 N–H and O–H groups in total. The molecule has 0 saturated carbocycles. The second-order valence-corrected chi connectivity index (χ2v) is 5.76. The van der Waals surface area contributed by atoms with Crippen LogP contribution in [0.5, 0.6) is 0 Å². The van der Waals surface area contributed by atoms with Gasteiger partial charge in [-0.15, -0.1) is 11.3 Å². The van der Waals surface area contributed by atoms with Crippen LogP contribution in [0.15, 0.2) is 12.1 Å². The minimum atomic E-state index is -4.56. The zero-order chi connectivity index (χ0) is 12.9. The van der Waals surface area contributed by atoms with E-state index in [1.54, 1.807) is 16.9 Å². The Balaban J connectivity index is 2.62. The smallest absolute Gasteiger partial charge is 0.350 e. The number of aliphatic hydroxyl groups excluding tert-OH is 1. The summed E-state index contributed by atoms with van der Waals surface area (Å²) in [6, 6.07) is 3.21. The van der Waals surface area contributed by atoms with E-state index < -0.39 is 15.8 Å². The molecule has 94 valence electrons. The average molecular weight is 281 g/mol. The molecule has 0 aliphatic heterocycles. The number of rotatable bonds is 4. The van der Waals surface area contributed by atoms with Crippen molar-refractivity contribution in [1.82, 2.24) is 4.72 Å². The van der Waals surface area contributed by atoms with E-state index in [1.807, 2.05) is 0 Å². The summed E-state index contributed by atoms with van der Waals surface area (Å²) in [5.41, 5.74) is 0. The minimum Gasteiger partial charge on any atom is -0.384 e. The van der Waals surface area contributed by atoms with Gasteiger partial charge in [0.05, 0.1) is 4.88 Å². The van der Waals surface area contributed by atoms with Gasteiger partial charge >= 0.3 is 5.76 Å². The molecule has 1 rings (SSSR count). The van der Waals surface area contributed by atoms with Crippen LogP contribution >= 0.6 is 11.3 Å². The number of hydrogen-bond donors (Lipinski definition) is 2. The summed E-state index contributed by atoms with van der Waals surface area (Å²) in [5.74, 6) is 1.62. The van der Waals surface area contributed by atoms with Crippen LogP contribution in [-0.4, -0.2) is 25.9 Å². The monoisotopic (exact) mass is 281 g/mol. The van der Waals surface area contributed by atoms with Gasteiger partial charge in [-0.25, -0.2) is 13.1 Å². The number of alkyl halides is 2. The second-order valence-electron chi connectivity index (χ2n) is 2.85. The molecule has 1 heterocycles. The molecule has 0 radical (unpaired) electrons. The molecule has 0 unspecified atom stereocenters. The first-order valence-corrected chi connectivity index (χ1v) is 6.77. The van der Waals surface area contributed by atoms with Crippen molar-refractivity contribution in [2.24, 2.45) is 0 Å². The average Bonchev–Trinajstić information content (AvgIpc) is 2.71. The third kappa shape index (κ3) is 4.40. The molecule has 0 aliphatic carbocycles. The van der Waals surface area contributed by atoms with E-state index in [9.17, 15) is 17.2 Å². The third-order valence-corrected chi connectivity index (χ3v) is 3.65. The summed E-state index contributed by atoms with van der Waals surface area (Å²) in [7, 11) is -4.56. The lowest BCUT2D eigenvalue weighted by molar-refractivity contribution is 0.232. The fraction of sp³-hybridized carbons (Fsp3) is 0.333. The molecule has 4 nitrogen and oxygen atoms in total. The van der Waals surface area contributed by atoms with Crippen LogP contribution in [0.2, 0.25) is 0 Å². The van der Waals surface area contributed by atoms with Crippen LogP contribution in [0.25, 0.3) is 0 Å². The normalized spacial score (nSPS) is 11.3. The zero-order valence-electron chi connectivity index (χ0n) is 8.48. The summed E-state index contributed by atoms with van der Waals surface area (Å²) in [5, 5.41) is 8.46. The molecule has 0 aliphatic rings. The molecule has 0 spiro atoms. The molecule has 0 amide bonds. The van der Waals surface area contributed by atoms with Crippen LogP contribution < -0.4 is 4.72 Å². The number of thiophene rings is 1. The van der Waals surface area contributed by atoms with Crippen molar-refractivity contribution in [3.63, 3.8) is 0 Å². The van der Waals surface area contributed by atoms with Crippen LogP contribution in [-0.2, 0) is 16.6 Å². The highest BCUT2D eigenvalue weighted by atomic mass is 32.2. The number of nitrogens with one attached hydrogen (secondary N) is 1. The number of aliphatic hydroxyl groups is 1. The molecule has 1 aromatic rings. The van der Waals surface area contributed by atoms with Crippen molar-refractivity contribution in [2.45, 2.75) is 12.3 Å². The quantitative estimate of drug-likeness (QED) is 0.800. The van der Waals surface area contributed by atoms with E-state index in [1.165, 1.54) is 11.3 Å². The van der Waals surface area contributed by atoms with Gasteiger partial charge < -0.3 is 5.11 Å². The Labute approximate surface area is 101 Å². The first kappa shape index (κ1) is 14.1. The van der Waals surface area contributed by atoms with Crippen molar-refractivity contribution in [1.29, 1.82) is 0 Å². The highest BCUT2D eigenvalue weighted by Crippen LogP contribution is 2.15. The second kappa shape index (κ2) is 6.07. The van der Waals surface area contributed by atoms with Crippen molar-refractivity contribution in [3.05, 3.63) is 21.9 Å². The highest BCUT2D eigenvalue weighted by Gasteiger charge is 2.23. The first-order chi connectivity index (χ1) is 7.95. The fourth-order valence-corrected chi connectivity index (χ4v) is 2.30. The Hall–Kier alpha value is -1.01. The van der Waals surface area contributed by atoms with Crippen molar-refractivity contribution >= 4 is 21.4 Å². The summed E-state index contributed by atoms with van der Waals surface area (Å²) in [6.07, 6.45) is 0. The molecule has 0 bridgehead atoms. The molecule has 0 fully saturated rings. The minimum absolute atomic E-state index is 0.196. The van der Waals surface area contributed by atoms with Gasteiger partial charge in [-0.2, -0.15) is 8.78 Å². The lowest BCUT2D eigenvalue weighted by Gasteiger charge is -2.02. The number of hydrogen-bond acceptors (Lipinski definition) is 4. The molecule has 1 aromatic heterocycles. The van der Waals surface area contributed by atoms with Crippen LogP contribution in [0.3, 0.4) is 0 Å². The topological polar surface area (TPSA) is 66.4 Å². The van der Waals surface area contributed by atoms with E-state index in [-0.39, 0.29) is 13.2 Å². The lowest BCUT2D eigenvalue weighted by Crippen LogP contribution is -2.28. The Morgan fingerprint density at radius 3 is 2.76 bits per heavy atom. The molecule has 0 saturated heterocycles. The number of halogens is 2. The molecule has 0 atom stereocenters. The zero-order valence-corrected chi connectivity index (χ0v) is 10.1. The van der Waals surface area contributed by atoms with E-state index in [2.05, 4.69) is 11.8 Å². The van der Waals surface area contributed by atoms with E-state index >= 15 is 0 Å². The predicted molar refractivity (Wildman–Crippen MR) is 60.0 cm³/mol. The van der Waals surface area contributed by atoms with Gasteiger partial charge in [0.2, 0.25) is 0 Å².